The second-order valence-corrected chi connectivity index (χ2v) is 5.96. The molecule has 0 radical (unpaired) electrons. The van der Waals surface area contributed by atoms with E-state index in [0.29, 0.717) is 0 Å². The molecule has 5 nitrogen and oxygen atoms in total. The predicted molar refractivity (Wildman–Crippen MR) is 80.3 cm³/mol. The van der Waals surface area contributed by atoms with E-state index in [0.717, 1.165) is 18.5 Å². The van der Waals surface area contributed by atoms with Gasteiger partial charge in [0.05, 0.1) is 0 Å². The molecule has 1 aromatic carbocycles. The van der Waals surface area contributed by atoms with Gasteiger partial charge in [0.2, 0.25) is 0 Å². The Morgan fingerprint density at radius 2 is 2.25 bits per heavy atom. The van der Waals surface area contributed by atoms with Crippen molar-refractivity contribution in [1.29, 1.82) is 0 Å². The zero-order chi connectivity index (χ0) is 14.2. The zero-order valence-corrected chi connectivity index (χ0v) is 11.8. The van der Waals surface area contributed by atoms with E-state index in [9.17, 15) is 0 Å². The van der Waals surface area contributed by atoms with Gasteiger partial charge in [-0.25, -0.2) is 4.99 Å². The number of nitrogens with zero attached hydrogens (tertiary/aromatic N) is 2. The Kier molecular flexibility index (Phi) is 3.23. The number of aromatic nitrogens is 1. The van der Waals surface area contributed by atoms with Gasteiger partial charge in [-0.15, -0.1) is 5.48 Å². The molecular weight excluding hydrogens is 252 g/mol. The van der Waals surface area contributed by atoms with Gasteiger partial charge in [-0.1, -0.05) is 6.07 Å². The van der Waals surface area contributed by atoms with Crippen molar-refractivity contribution in [1.82, 2.24) is 10.0 Å². The number of rotatable bonds is 4. The van der Waals surface area contributed by atoms with Gasteiger partial charge in [-0.2, -0.15) is 0 Å². The van der Waals surface area contributed by atoms with Crippen LogP contribution in [-0.2, 0) is 11.4 Å². The molecule has 0 saturated carbocycles. The number of aliphatic imine (C=N–C) groups is 1. The van der Waals surface area contributed by atoms with Crippen molar-refractivity contribution < 1.29 is 4.84 Å². The van der Waals surface area contributed by atoms with Gasteiger partial charge in [0.1, 0.15) is 0 Å². The normalized spacial score (nSPS) is 18.6. The fourth-order valence-corrected chi connectivity index (χ4v) is 2.36. The van der Waals surface area contributed by atoms with Crippen molar-refractivity contribution in [3.63, 3.8) is 0 Å². The van der Waals surface area contributed by atoms with Crippen molar-refractivity contribution in [3.05, 3.63) is 36.0 Å². The van der Waals surface area contributed by atoms with Gasteiger partial charge in [0.25, 0.3) is 0 Å². The van der Waals surface area contributed by atoms with Crippen molar-refractivity contribution in [2.24, 2.45) is 10.7 Å². The van der Waals surface area contributed by atoms with Gasteiger partial charge in [-0.3, -0.25) is 0 Å². The summed E-state index contributed by atoms with van der Waals surface area (Å²) in [6.45, 7) is 5.04. The Balaban J connectivity index is 1.84. The first-order chi connectivity index (χ1) is 9.53. The van der Waals surface area contributed by atoms with Crippen LogP contribution in [0, 0.1) is 0 Å². The summed E-state index contributed by atoms with van der Waals surface area (Å²) in [5.74, 6) is 0. The highest BCUT2D eigenvalue weighted by atomic mass is 16.7. The minimum absolute atomic E-state index is 0.106. The van der Waals surface area contributed by atoms with Crippen LogP contribution in [0.3, 0.4) is 0 Å². The molecule has 3 N–H and O–H groups in total. The van der Waals surface area contributed by atoms with E-state index in [1.54, 1.807) is 0 Å². The molecule has 1 atom stereocenters. The molecule has 0 saturated heterocycles. The number of nitrogens with one attached hydrogen (secondary N) is 1. The zero-order valence-electron chi connectivity index (χ0n) is 11.8. The molecule has 20 heavy (non-hydrogen) atoms. The lowest BCUT2D eigenvalue weighted by Crippen LogP contribution is -2.33. The van der Waals surface area contributed by atoms with E-state index in [2.05, 4.69) is 59.3 Å². The summed E-state index contributed by atoms with van der Waals surface area (Å²) >= 11 is 0. The number of aryl methyl sites for hydroxylation is 1. The molecule has 1 aliphatic rings. The first kappa shape index (κ1) is 13.1. The first-order valence-corrected chi connectivity index (χ1v) is 6.83. The van der Waals surface area contributed by atoms with Crippen molar-refractivity contribution in [2.75, 3.05) is 0 Å². The van der Waals surface area contributed by atoms with E-state index in [4.69, 9.17) is 10.6 Å². The molecule has 106 valence electrons. The van der Waals surface area contributed by atoms with Crippen LogP contribution in [0.1, 0.15) is 32.0 Å². The lowest BCUT2D eigenvalue weighted by Gasteiger charge is -2.19. The molecule has 1 unspecified atom stereocenters. The molecular formula is C15H20N4O. The smallest absolute Gasteiger partial charge is 0.198 e. The monoisotopic (exact) mass is 272 g/mol. The number of hydroxylamine groups is 1. The standard InChI is InChI=1S/C15H20N4O/c1-15(2,16)6-8-19-7-5-11-9-12(3-4-13(11)19)14-17-10-20-18-14/h3-5,7,9-10,14,18H,6,8,16H2,1-2H3. The first-order valence-electron chi connectivity index (χ1n) is 6.83. The quantitative estimate of drug-likeness (QED) is 0.897. The Morgan fingerprint density at radius 1 is 1.40 bits per heavy atom. The highest BCUT2D eigenvalue weighted by molar-refractivity contribution is 5.81. The maximum atomic E-state index is 6.05. The van der Waals surface area contributed by atoms with Crippen molar-refractivity contribution in [3.8, 4) is 0 Å². The third-order valence-electron chi connectivity index (χ3n) is 3.55. The number of fused-ring (bicyclic) bond motifs is 1. The van der Waals surface area contributed by atoms with Crippen LogP contribution >= 0.6 is 0 Å². The molecule has 2 aromatic rings. The van der Waals surface area contributed by atoms with Crippen molar-refractivity contribution >= 4 is 17.3 Å². The Morgan fingerprint density at radius 3 is 2.95 bits per heavy atom. The van der Waals surface area contributed by atoms with Gasteiger partial charge in [0, 0.05) is 23.8 Å². The molecule has 5 heteroatoms. The van der Waals surface area contributed by atoms with Crippen LogP contribution < -0.4 is 11.2 Å². The van der Waals surface area contributed by atoms with Gasteiger partial charge in [-0.05, 0) is 49.4 Å². The number of benzene rings is 1. The molecule has 0 amide bonds. The summed E-state index contributed by atoms with van der Waals surface area (Å²) < 4.78 is 2.25. The topological polar surface area (TPSA) is 64.6 Å². The summed E-state index contributed by atoms with van der Waals surface area (Å²) in [6, 6.07) is 8.48. The summed E-state index contributed by atoms with van der Waals surface area (Å²) in [7, 11) is 0. The largest absolute Gasteiger partial charge is 0.394 e. The molecule has 0 bridgehead atoms. The van der Waals surface area contributed by atoms with E-state index >= 15 is 0 Å². The third-order valence-corrected chi connectivity index (χ3v) is 3.55. The number of hydrogen-bond acceptors (Lipinski definition) is 4. The average Bonchev–Trinajstić information content (AvgIpc) is 3.04. The Hall–Kier alpha value is -1.85. The molecule has 0 spiro atoms. The average molecular weight is 272 g/mol. The number of nitrogens with two attached hydrogens (primary N) is 1. The molecule has 2 heterocycles. The lowest BCUT2D eigenvalue weighted by molar-refractivity contribution is 0.188. The van der Waals surface area contributed by atoms with Crippen LogP contribution in [-0.4, -0.2) is 16.5 Å². The van der Waals surface area contributed by atoms with Crippen molar-refractivity contribution in [2.45, 2.75) is 38.5 Å². The Labute approximate surface area is 118 Å². The highest BCUT2D eigenvalue weighted by Crippen LogP contribution is 2.24. The molecule has 3 rings (SSSR count). The summed E-state index contributed by atoms with van der Waals surface area (Å²) in [5, 5.41) is 1.21. The maximum Gasteiger partial charge on any atom is 0.198 e. The third kappa shape index (κ3) is 2.69. The van der Waals surface area contributed by atoms with Gasteiger partial charge >= 0.3 is 0 Å². The fourth-order valence-electron chi connectivity index (χ4n) is 2.36. The van der Waals surface area contributed by atoms with Crippen LogP contribution in [0.4, 0.5) is 0 Å². The molecule has 1 aromatic heterocycles. The molecule has 1 aliphatic heterocycles. The second-order valence-electron chi connectivity index (χ2n) is 5.96. The van der Waals surface area contributed by atoms with Crippen LogP contribution in [0.15, 0.2) is 35.5 Å². The predicted octanol–water partition coefficient (Wildman–Crippen LogP) is 2.33. The van der Waals surface area contributed by atoms with Crippen LogP contribution in [0.25, 0.3) is 10.9 Å². The summed E-state index contributed by atoms with van der Waals surface area (Å²) in [4.78, 5) is 9.15. The van der Waals surface area contributed by atoms with Crippen LogP contribution in [0.5, 0.6) is 0 Å². The molecule has 0 fully saturated rings. The number of hydrogen-bond donors (Lipinski definition) is 2. The van der Waals surface area contributed by atoms with Crippen LogP contribution in [0.2, 0.25) is 0 Å². The Bertz CT molecular complexity index is 639. The van der Waals surface area contributed by atoms with E-state index in [-0.39, 0.29) is 11.7 Å². The fraction of sp³-hybridized carbons (Fsp3) is 0.400. The van der Waals surface area contributed by atoms with E-state index in [1.165, 1.54) is 17.3 Å². The maximum absolute atomic E-state index is 6.05. The minimum atomic E-state index is -0.143. The SMILES string of the molecule is CC(C)(N)CCn1ccc2cc(C3N=CON3)ccc21. The van der Waals surface area contributed by atoms with E-state index < -0.39 is 0 Å². The van der Waals surface area contributed by atoms with Gasteiger partial charge < -0.3 is 15.1 Å². The van der Waals surface area contributed by atoms with E-state index in [1.807, 2.05) is 0 Å². The molecule has 0 aliphatic carbocycles. The van der Waals surface area contributed by atoms with Gasteiger partial charge in [0.15, 0.2) is 12.6 Å². The minimum Gasteiger partial charge on any atom is -0.394 e. The summed E-state index contributed by atoms with van der Waals surface area (Å²) in [5.41, 5.74) is 11.1. The second kappa shape index (κ2) is 4.92. The highest BCUT2D eigenvalue weighted by Gasteiger charge is 2.15. The summed E-state index contributed by atoms with van der Waals surface area (Å²) in [6.07, 6.45) is 4.39. The lowest BCUT2D eigenvalue weighted by atomic mass is 10.0.